The molecule has 6 heteroatoms. The van der Waals surface area contributed by atoms with Gasteiger partial charge in [0.15, 0.2) is 5.11 Å². The molecule has 0 aromatic heterocycles. The Morgan fingerprint density at radius 2 is 1.42 bits per heavy atom. The maximum atomic E-state index is 12.7. The van der Waals surface area contributed by atoms with Gasteiger partial charge < -0.3 is 10.6 Å². The van der Waals surface area contributed by atoms with Crippen LogP contribution in [0.3, 0.4) is 0 Å². The molecule has 0 radical (unpaired) electrons. The third-order valence-electron chi connectivity index (χ3n) is 4.93. The van der Waals surface area contributed by atoms with Gasteiger partial charge in [-0.05, 0) is 58.9 Å². The Morgan fingerprint density at radius 1 is 0.727 bits per heavy atom. The van der Waals surface area contributed by atoms with E-state index in [4.69, 9.17) is 12.2 Å². The first-order chi connectivity index (χ1) is 16.1. The molecule has 0 spiro atoms. The Balaban J connectivity index is 1.41. The van der Waals surface area contributed by atoms with Crippen molar-refractivity contribution in [2.45, 2.75) is 0 Å². The highest BCUT2D eigenvalue weighted by atomic mass is 32.1. The molecule has 0 saturated heterocycles. The number of benzene rings is 4. The van der Waals surface area contributed by atoms with Crippen molar-refractivity contribution in [1.82, 2.24) is 5.32 Å². The molecule has 3 N–H and O–H groups in total. The summed E-state index contributed by atoms with van der Waals surface area (Å²) in [4.78, 5) is 25.1. The molecule has 162 valence electrons. The van der Waals surface area contributed by atoms with Crippen LogP contribution in [0.5, 0.6) is 0 Å². The van der Waals surface area contributed by atoms with Crippen LogP contribution in [-0.4, -0.2) is 16.9 Å². The van der Waals surface area contributed by atoms with Crippen molar-refractivity contribution < 1.29 is 9.59 Å². The predicted octanol–water partition coefficient (Wildman–Crippen LogP) is 5.62. The minimum absolute atomic E-state index is 0.0996. The van der Waals surface area contributed by atoms with Gasteiger partial charge in [0.2, 0.25) is 5.91 Å². The predicted molar refractivity (Wildman–Crippen MR) is 138 cm³/mol. The number of carbonyl (C=O) groups excluding carboxylic acids is 2. The lowest BCUT2D eigenvalue weighted by Crippen LogP contribution is -2.33. The number of nitrogens with one attached hydrogen (secondary N) is 3. The zero-order valence-electron chi connectivity index (χ0n) is 17.6. The van der Waals surface area contributed by atoms with Crippen LogP contribution in [0.25, 0.3) is 16.8 Å². The van der Waals surface area contributed by atoms with Gasteiger partial charge in [0, 0.05) is 11.8 Å². The molecule has 2 amide bonds. The summed E-state index contributed by atoms with van der Waals surface area (Å²) in [7, 11) is 0. The van der Waals surface area contributed by atoms with Crippen LogP contribution in [0.2, 0.25) is 0 Å². The van der Waals surface area contributed by atoms with E-state index < -0.39 is 0 Å². The lowest BCUT2D eigenvalue weighted by atomic mass is 10.0. The van der Waals surface area contributed by atoms with E-state index >= 15 is 0 Å². The number of anilines is 2. The van der Waals surface area contributed by atoms with Gasteiger partial charge in [-0.2, -0.15) is 0 Å². The maximum Gasteiger partial charge on any atom is 0.257 e. The van der Waals surface area contributed by atoms with Crippen molar-refractivity contribution in [3.63, 3.8) is 0 Å². The Kier molecular flexibility index (Phi) is 6.87. The number of hydrogen-bond acceptors (Lipinski definition) is 3. The smallest absolute Gasteiger partial charge is 0.257 e. The van der Waals surface area contributed by atoms with E-state index in [-0.39, 0.29) is 16.9 Å². The fourth-order valence-corrected chi connectivity index (χ4v) is 3.59. The van der Waals surface area contributed by atoms with Gasteiger partial charge in [0.1, 0.15) is 0 Å². The summed E-state index contributed by atoms with van der Waals surface area (Å²) in [5.41, 5.74) is 2.52. The summed E-state index contributed by atoms with van der Waals surface area (Å²) in [5.74, 6) is -0.652. The minimum atomic E-state index is -0.369. The summed E-state index contributed by atoms with van der Waals surface area (Å²) in [6.45, 7) is 0. The molecule has 0 unspecified atom stereocenters. The van der Waals surface area contributed by atoms with Crippen LogP contribution in [0.15, 0.2) is 103 Å². The SMILES string of the molecule is O=C(C=Cc1cccc2ccccc12)NC(=S)Nc1ccccc1C(=O)Nc1ccccc1. The van der Waals surface area contributed by atoms with Crippen molar-refractivity contribution in [3.8, 4) is 0 Å². The van der Waals surface area contributed by atoms with Gasteiger partial charge in [0.25, 0.3) is 5.91 Å². The molecule has 33 heavy (non-hydrogen) atoms. The molecule has 4 rings (SSSR count). The standard InChI is InChI=1S/C27H21N3O2S/c31-25(18-17-20-11-8-10-19-9-4-5-14-22(19)20)30-27(33)29-24-16-7-6-15-23(24)26(32)28-21-12-2-1-3-13-21/h1-18H,(H,28,32)(H2,29,30,31,33). The first-order valence-corrected chi connectivity index (χ1v) is 10.7. The summed E-state index contributed by atoms with van der Waals surface area (Å²) >= 11 is 5.29. The molecule has 0 atom stereocenters. The quantitative estimate of drug-likeness (QED) is 0.272. The van der Waals surface area contributed by atoms with Crippen LogP contribution >= 0.6 is 12.2 Å². The molecule has 5 nitrogen and oxygen atoms in total. The number of fused-ring (bicyclic) bond motifs is 1. The van der Waals surface area contributed by atoms with Crippen LogP contribution in [0.1, 0.15) is 15.9 Å². The molecule has 4 aromatic carbocycles. The van der Waals surface area contributed by atoms with Gasteiger partial charge in [0.05, 0.1) is 11.3 Å². The normalized spacial score (nSPS) is 10.7. The lowest BCUT2D eigenvalue weighted by molar-refractivity contribution is -0.115. The third kappa shape index (κ3) is 5.70. The average Bonchev–Trinajstić information content (AvgIpc) is 2.83. The lowest BCUT2D eigenvalue weighted by Gasteiger charge is -2.13. The highest BCUT2D eigenvalue weighted by Crippen LogP contribution is 2.20. The molecule has 0 fully saturated rings. The zero-order valence-corrected chi connectivity index (χ0v) is 18.4. The van der Waals surface area contributed by atoms with Crippen molar-refractivity contribution in [2.75, 3.05) is 10.6 Å². The van der Waals surface area contributed by atoms with E-state index in [1.54, 1.807) is 42.5 Å². The van der Waals surface area contributed by atoms with Gasteiger partial charge in [-0.1, -0.05) is 72.8 Å². The van der Waals surface area contributed by atoms with E-state index in [0.29, 0.717) is 16.9 Å². The molecule has 0 aliphatic heterocycles. The molecule has 4 aromatic rings. The molecule has 0 aliphatic rings. The second-order valence-corrected chi connectivity index (χ2v) is 7.62. The van der Waals surface area contributed by atoms with E-state index in [1.807, 2.05) is 60.7 Å². The molecular formula is C27H21N3O2S. The number of amides is 2. The topological polar surface area (TPSA) is 70.2 Å². The number of hydrogen-bond donors (Lipinski definition) is 3. The summed E-state index contributed by atoms with van der Waals surface area (Å²) < 4.78 is 0. The van der Waals surface area contributed by atoms with Crippen molar-refractivity contribution in [3.05, 3.63) is 114 Å². The van der Waals surface area contributed by atoms with Crippen molar-refractivity contribution >= 4 is 57.4 Å². The Hall–Kier alpha value is -4.29. The number of rotatable bonds is 5. The maximum absolute atomic E-state index is 12.7. The van der Waals surface area contributed by atoms with E-state index in [0.717, 1.165) is 16.3 Å². The van der Waals surface area contributed by atoms with Crippen LogP contribution < -0.4 is 16.0 Å². The van der Waals surface area contributed by atoms with E-state index in [9.17, 15) is 9.59 Å². The van der Waals surface area contributed by atoms with Crippen LogP contribution in [0.4, 0.5) is 11.4 Å². The molecule has 0 aliphatic carbocycles. The van der Waals surface area contributed by atoms with Gasteiger partial charge >= 0.3 is 0 Å². The highest BCUT2D eigenvalue weighted by Gasteiger charge is 2.13. The second kappa shape index (κ2) is 10.3. The molecular weight excluding hydrogens is 430 g/mol. The minimum Gasteiger partial charge on any atom is -0.332 e. The van der Waals surface area contributed by atoms with Crippen molar-refractivity contribution in [1.29, 1.82) is 0 Å². The first kappa shape index (κ1) is 21.9. The number of carbonyl (C=O) groups is 2. The molecule has 0 heterocycles. The number of para-hydroxylation sites is 2. The first-order valence-electron chi connectivity index (χ1n) is 10.3. The summed E-state index contributed by atoms with van der Waals surface area (Å²) in [6, 6.07) is 30.0. The van der Waals surface area contributed by atoms with E-state index in [2.05, 4.69) is 16.0 Å². The second-order valence-electron chi connectivity index (χ2n) is 7.21. The van der Waals surface area contributed by atoms with Gasteiger partial charge in [-0.25, -0.2) is 0 Å². The molecule has 0 bridgehead atoms. The van der Waals surface area contributed by atoms with Crippen LogP contribution in [0, 0.1) is 0 Å². The van der Waals surface area contributed by atoms with Gasteiger partial charge in [-0.15, -0.1) is 0 Å². The Labute approximate surface area is 197 Å². The van der Waals surface area contributed by atoms with Gasteiger partial charge in [-0.3, -0.25) is 14.9 Å². The summed E-state index contributed by atoms with van der Waals surface area (Å²) in [6.07, 6.45) is 3.19. The monoisotopic (exact) mass is 451 g/mol. The average molecular weight is 452 g/mol. The van der Waals surface area contributed by atoms with Crippen LogP contribution in [-0.2, 0) is 4.79 Å². The largest absolute Gasteiger partial charge is 0.332 e. The zero-order chi connectivity index (χ0) is 23.0. The molecule has 0 saturated carbocycles. The van der Waals surface area contributed by atoms with Crippen molar-refractivity contribution in [2.24, 2.45) is 0 Å². The Bertz CT molecular complexity index is 1340. The van der Waals surface area contributed by atoms with E-state index in [1.165, 1.54) is 6.08 Å². The highest BCUT2D eigenvalue weighted by molar-refractivity contribution is 7.80. The Morgan fingerprint density at radius 3 is 2.27 bits per heavy atom. The fourth-order valence-electron chi connectivity index (χ4n) is 3.38. The number of thiocarbonyl (C=S) groups is 1. The summed E-state index contributed by atoms with van der Waals surface area (Å²) in [5, 5.41) is 10.7. The fraction of sp³-hybridized carbons (Fsp3) is 0. The third-order valence-corrected chi connectivity index (χ3v) is 5.13.